The van der Waals surface area contributed by atoms with Gasteiger partial charge in [-0.1, -0.05) is 168 Å². The number of hydrogen-bond acceptors (Lipinski definition) is 7. The van der Waals surface area contributed by atoms with E-state index in [9.17, 15) is 14.4 Å². The summed E-state index contributed by atoms with van der Waals surface area (Å²) in [6.07, 6.45) is 46.3. The van der Waals surface area contributed by atoms with Gasteiger partial charge < -0.3 is 24.0 Å². The van der Waals surface area contributed by atoms with Gasteiger partial charge in [-0.25, -0.2) is 4.79 Å². The largest absolute Gasteiger partial charge is 0.462 e. The number of amides is 1. The summed E-state index contributed by atoms with van der Waals surface area (Å²) in [6.45, 7) is 13.4. The van der Waals surface area contributed by atoms with Crippen molar-refractivity contribution < 1.29 is 28.6 Å². The third-order valence-electron chi connectivity index (χ3n) is 13.0. The number of rotatable bonds is 49. The fraction of sp³-hybridized carbons (Fsp3) is 0.912. The number of nitrogens with zero attached hydrogens (tertiary/aromatic N) is 2. The topological polar surface area (TPSA) is 85.4 Å². The van der Waals surface area contributed by atoms with E-state index >= 15 is 0 Å². The summed E-state index contributed by atoms with van der Waals surface area (Å²) < 4.78 is 18.3. The van der Waals surface area contributed by atoms with Gasteiger partial charge in [-0.05, 0) is 137 Å². The molecule has 0 heterocycles. The highest BCUT2D eigenvalue weighted by molar-refractivity contribution is 5.70. The molecule has 0 radical (unpaired) electrons. The lowest BCUT2D eigenvalue weighted by Gasteiger charge is -2.26. The lowest BCUT2D eigenvalue weighted by atomic mass is 10.0. The lowest BCUT2D eigenvalue weighted by Crippen LogP contribution is -2.37. The van der Waals surface area contributed by atoms with Gasteiger partial charge in [0.1, 0.15) is 18.3 Å². The first-order valence-electron chi connectivity index (χ1n) is 28.3. The smallest absolute Gasteiger partial charge is 0.410 e. The molecule has 0 fully saturated rings. The Balaban J connectivity index is 4.95. The van der Waals surface area contributed by atoms with Gasteiger partial charge in [-0.15, -0.1) is 0 Å². The van der Waals surface area contributed by atoms with E-state index in [-0.39, 0.29) is 36.3 Å². The molecule has 0 aromatic heterocycles. The molecule has 0 aromatic rings. The zero-order valence-electron chi connectivity index (χ0n) is 44.4. The Morgan fingerprint density at radius 1 is 0.400 bits per heavy atom. The monoisotopic (exact) mass is 919 g/mol. The van der Waals surface area contributed by atoms with E-state index in [2.05, 4.69) is 58.8 Å². The maximum Gasteiger partial charge on any atom is 0.410 e. The van der Waals surface area contributed by atoms with E-state index in [1.807, 2.05) is 11.8 Å². The van der Waals surface area contributed by atoms with Crippen molar-refractivity contribution in [2.24, 2.45) is 0 Å². The highest BCUT2D eigenvalue weighted by Gasteiger charge is 2.21. The first kappa shape index (κ1) is 62.9. The molecular weight excluding hydrogens is 809 g/mol. The van der Waals surface area contributed by atoms with Gasteiger partial charge in [0.25, 0.3) is 0 Å². The Labute approximate surface area is 404 Å². The van der Waals surface area contributed by atoms with Crippen molar-refractivity contribution in [3.05, 3.63) is 12.2 Å². The minimum atomic E-state index is -0.152. The Morgan fingerprint density at radius 3 is 1.08 bits per heavy atom. The summed E-state index contributed by atoms with van der Waals surface area (Å²) in [6, 6.07) is 0. The second kappa shape index (κ2) is 48.4. The minimum Gasteiger partial charge on any atom is -0.462 e. The molecule has 1 amide bonds. The van der Waals surface area contributed by atoms with Crippen LogP contribution in [0, 0.1) is 0 Å². The summed E-state index contributed by atoms with van der Waals surface area (Å²) in [4.78, 5) is 43.3. The van der Waals surface area contributed by atoms with E-state index in [1.165, 1.54) is 77.0 Å². The van der Waals surface area contributed by atoms with Crippen LogP contribution in [0.1, 0.15) is 285 Å². The molecule has 8 nitrogen and oxygen atoms in total. The predicted octanol–water partition coefficient (Wildman–Crippen LogP) is 17.0. The van der Waals surface area contributed by atoms with Crippen LogP contribution in [0.15, 0.2) is 12.2 Å². The second-order valence-corrected chi connectivity index (χ2v) is 19.8. The molecule has 0 bridgehead atoms. The van der Waals surface area contributed by atoms with E-state index in [0.29, 0.717) is 12.8 Å². The first-order chi connectivity index (χ1) is 31.7. The van der Waals surface area contributed by atoms with Gasteiger partial charge in [0.15, 0.2) is 0 Å². The van der Waals surface area contributed by atoms with Crippen LogP contribution in [-0.4, -0.2) is 79.9 Å². The maximum atomic E-state index is 13.7. The standard InChI is InChI=1S/C57H110N2O6/c1-8-13-18-31-41-52(42-32-19-14-9-2)63-55(60)47-37-29-25-23-27-35-45-54(65-57(62)59(50-39-22-17-12-5)51-40-49-58(6)7)46-36-28-24-26-30-38-48-56(61)64-53(43-33-20-15-10-3)44-34-21-16-11-4/h12,17,52-54H,8-11,13-16,18-51H2,1-7H3/b17-12-. The molecule has 8 heteroatoms. The van der Waals surface area contributed by atoms with Crippen LogP contribution in [0.5, 0.6) is 0 Å². The quantitative estimate of drug-likeness (QED) is 0.0260. The third-order valence-corrected chi connectivity index (χ3v) is 13.0. The highest BCUT2D eigenvalue weighted by Crippen LogP contribution is 2.21. The fourth-order valence-corrected chi connectivity index (χ4v) is 8.82. The van der Waals surface area contributed by atoms with Gasteiger partial charge in [-0.2, -0.15) is 0 Å². The van der Waals surface area contributed by atoms with Crippen LogP contribution in [0.2, 0.25) is 0 Å². The highest BCUT2D eigenvalue weighted by atomic mass is 16.6. The van der Waals surface area contributed by atoms with Crippen molar-refractivity contribution in [1.29, 1.82) is 0 Å². The molecule has 0 aromatic carbocycles. The molecule has 0 atom stereocenters. The number of carbonyl (C=O) groups is 3. The van der Waals surface area contributed by atoms with Crippen LogP contribution in [0.25, 0.3) is 0 Å². The summed E-state index contributed by atoms with van der Waals surface area (Å²) in [5, 5.41) is 0. The van der Waals surface area contributed by atoms with Gasteiger partial charge in [0.05, 0.1) is 0 Å². The molecular formula is C57H110N2O6. The molecule has 0 aliphatic rings. The van der Waals surface area contributed by atoms with Gasteiger partial charge in [-0.3, -0.25) is 9.59 Å². The van der Waals surface area contributed by atoms with Crippen molar-refractivity contribution in [3.8, 4) is 0 Å². The number of esters is 2. The minimum absolute atomic E-state index is 0.00627. The van der Waals surface area contributed by atoms with E-state index in [4.69, 9.17) is 14.2 Å². The number of allylic oxidation sites excluding steroid dienone is 2. The van der Waals surface area contributed by atoms with Gasteiger partial charge in [0, 0.05) is 25.9 Å². The molecule has 0 rings (SSSR count). The number of unbranched alkanes of at least 4 members (excludes halogenated alkanes) is 23. The summed E-state index contributed by atoms with van der Waals surface area (Å²) in [5.41, 5.74) is 0. The molecule has 0 N–H and O–H groups in total. The van der Waals surface area contributed by atoms with Crippen LogP contribution in [0.3, 0.4) is 0 Å². The second-order valence-electron chi connectivity index (χ2n) is 19.8. The summed E-state index contributed by atoms with van der Waals surface area (Å²) in [5.74, 6) is -0.0125. The number of ether oxygens (including phenoxy) is 3. The lowest BCUT2D eigenvalue weighted by molar-refractivity contribution is -0.151. The van der Waals surface area contributed by atoms with Crippen LogP contribution >= 0.6 is 0 Å². The SMILES string of the molecule is C/C=C\CCCN(CCCN(C)C)C(=O)OC(CCCCCCCCC(=O)OC(CCCCCC)CCCCCC)CCCCCCCCC(=O)OC(CCCCCC)CCCCCC. The molecule has 65 heavy (non-hydrogen) atoms. The molecule has 0 saturated heterocycles. The zero-order valence-corrected chi connectivity index (χ0v) is 44.4. The first-order valence-corrected chi connectivity index (χ1v) is 28.3. The fourth-order valence-electron chi connectivity index (χ4n) is 8.82. The molecule has 0 saturated carbocycles. The normalized spacial score (nSPS) is 11.8. The van der Waals surface area contributed by atoms with E-state index < -0.39 is 0 Å². The average molecular weight is 920 g/mol. The van der Waals surface area contributed by atoms with Gasteiger partial charge >= 0.3 is 18.0 Å². The Bertz CT molecular complexity index is 1000. The number of carbonyl (C=O) groups excluding carboxylic acids is 3. The zero-order chi connectivity index (χ0) is 47.9. The predicted molar refractivity (Wildman–Crippen MR) is 278 cm³/mol. The summed E-state index contributed by atoms with van der Waals surface area (Å²) >= 11 is 0. The van der Waals surface area contributed by atoms with Crippen molar-refractivity contribution >= 4 is 18.0 Å². The average Bonchev–Trinajstić information content (AvgIpc) is 3.28. The molecule has 0 aliphatic carbocycles. The molecule has 0 aliphatic heterocycles. The van der Waals surface area contributed by atoms with Crippen LogP contribution in [-0.2, 0) is 23.8 Å². The van der Waals surface area contributed by atoms with Crippen molar-refractivity contribution in [2.45, 2.75) is 303 Å². The molecule has 0 spiro atoms. The van der Waals surface area contributed by atoms with Crippen molar-refractivity contribution in [1.82, 2.24) is 9.80 Å². The molecule has 384 valence electrons. The molecule has 0 unspecified atom stereocenters. The van der Waals surface area contributed by atoms with E-state index in [0.717, 1.165) is 180 Å². The van der Waals surface area contributed by atoms with Crippen LogP contribution in [0.4, 0.5) is 4.79 Å². The Kier molecular flexibility index (Phi) is 46.8. The Hall–Kier alpha value is -2.09. The third kappa shape index (κ3) is 43.0. The van der Waals surface area contributed by atoms with Crippen molar-refractivity contribution in [2.75, 3.05) is 33.7 Å². The Morgan fingerprint density at radius 2 is 0.723 bits per heavy atom. The number of hydrogen-bond donors (Lipinski definition) is 0. The van der Waals surface area contributed by atoms with Crippen molar-refractivity contribution in [3.63, 3.8) is 0 Å². The van der Waals surface area contributed by atoms with E-state index in [1.54, 1.807) is 0 Å². The van der Waals surface area contributed by atoms with Crippen LogP contribution < -0.4 is 0 Å². The summed E-state index contributed by atoms with van der Waals surface area (Å²) in [7, 11) is 4.16. The van der Waals surface area contributed by atoms with Gasteiger partial charge in [0.2, 0.25) is 0 Å². The maximum absolute atomic E-state index is 13.7.